The van der Waals surface area contributed by atoms with Gasteiger partial charge in [-0.2, -0.15) is 0 Å². The molecule has 5 heteroatoms. The van der Waals surface area contributed by atoms with E-state index in [2.05, 4.69) is 36.6 Å². The molecular weight excluding hydrogens is 334 g/mol. The highest BCUT2D eigenvalue weighted by atomic mass is 35.5. The van der Waals surface area contributed by atoms with E-state index in [4.69, 9.17) is 11.6 Å². The molecule has 1 N–H and O–H groups in total. The smallest absolute Gasteiger partial charge is 0.251 e. The van der Waals surface area contributed by atoms with E-state index < -0.39 is 0 Å². The summed E-state index contributed by atoms with van der Waals surface area (Å²) in [6.07, 6.45) is 4.57. The number of hydrogen-bond donors (Lipinski definition) is 1. The van der Waals surface area contributed by atoms with Gasteiger partial charge in [0, 0.05) is 17.4 Å². The van der Waals surface area contributed by atoms with Crippen LogP contribution < -0.4 is 5.43 Å². The van der Waals surface area contributed by atoms with Crippen LogP contribution in [0.1, 0.15) is 29.2 Å². The van der Waals surface area contributed by atoms with E-state index in [1.807, 2.05) is 41.7 Å². The maximum absolute atomic E-state index is 12.9. The second kappa shape index (κ2) is 6.54. The Balaban J connectivity index is 1.47. The number of rotatable bonds is 3. The average molecular weight is 354 g/mol. The summed E-state index contributed by atoms with van der Waals surface area (Å²) in [5, 5.41) is 2.64. The zero-order valence-electron chi connectivity index (χ0n) is 14.0. The molecule has 1 saturated heterocycles. The number of fused-ring (bicyclic) bond motifs is 1. The molecule has 2 unspecified atom stereocenters. The Hall–Kier alpha value is -2.30. The number of halogens is 1. The quantitative estimate of drug-likeness (QED) is 0.912. The van der Waals surface area contributed by atoms with Gasteiger partial charge < -0.3 is 9.91 Å². The van der Waals surface area contributed by atoms with Crippen LogP contribution >= 0.6 is 11.6 Å². The second-order valence-corrected chi connectivity index (χ2v) is 7.08. The summed E-state index contributed by atoms with van der Waals surface area (Å²) in [5.74, 6) is 0.125. The SMILES string of the molecule is Cc1ccc(C2CC3C(=O)N(Cc4ccc(Cl)cc4)C=CN3N2)cc1. The molecule has 1 amide bonds. The first-order valence-corrected chi connectivity index (χ1v) is 8.82. The maximum atomic E-state index is 12.9. The van der Waals surface area contributed by atoms with Crippen molar-refractivity contribution in [2.75, 3.05) is 0 Å². The van der Waals surface area contributed by atoms with Crippen LogP contribution in [-0.4, -0.2) is 21.9 Å². The van der Waals surface area contributed by atoms with Crippen LogP contribution in [-0.2, 0) is 11.3 Å². The van der Waals surface area contributed by atoms with E-state index in [0.717, 1.165) is 12.0 Å². The monoisotopic (exact) mass is 353 g/mol. The van der Waals surface area contributed by atoms with Crippen LogP contribution in [0, 0.1) is 6.92 Å². The molecule has 4 nitrogen and oxygen atoms in total. The van der Waals surface area contributed by atoms with Gasteiger partial charge in [-0.15, -0.1) is 0 Å². The van der Waals surface area contributed by atoms with Crippen LogP contribution in [0.15, 0.2) is 60.9 Å². The number of benzene rings is 2. The van der Waals surface area contributed by atoms with Gasteiger partial charge in [0.1, 0.15) is 6.04 Å². The number of nitrogens with one attached hydrogen (secondary N) is 1. The minimum absolute atomic E-state index is 0.125. The van der Waals surface area contributed by atoms with Crippen molar-refractivity contribution in [2.24, 2.45) is 0 Å². The van der Waals surface area contributed by atoms with Crippen LogP contribution in [0.4, 0.5) is 0 Å². The molecule has 128 valence electrons. The van der Waals surface area contributed by atoms with Crippen LogP contribution in [0.25, 0.3) is 0 Å². The molecular formula is C20H20ClN3O. The first-order valence-electron chi connectivity index (χ1n) is 8.44. The molecule has 4 rings (SSSR count). The van der Waals surface area contributed by atoms with Gasteiger partial charge in [-0.05, 0) is 36.6 Å². The van der Waals surface area contributed by atoms with Crippen molar-refractivity contribution in [2.45, 2.75) is 32.0 Å². The zero-order valence-corrected chi connectivity index (χ0v) is 14.8. The molecule has 25 heavy (non-hydrogen) atoms. The third-order valence-electron chi connectivity index (χ3n) is 4.82. The molecule has 0 aromatic heterocycles. The maximum Gasteiger partial charge on any atom is 0.251 e. The van der Waals surface area contributed by atoms with Crippen LogP contribution in [0.3, 0.4) is 0 Å². The standard InChI is InChI=1S/C20H20ClN3O/c1-14-2-6-16(7-3-14)18-12-19-20(25)23(10-11-24(19)22-18)13-15-4-8-17(21)9-5-15/h2-11,18-19,22H,12-13H2,1H3. The van der Waals surface area contributed by atoms with Crippen molar-refractivity contribution in [1.82, 2.24) is 15.3 Å². The summed E-state index contributed by atoms with van der Waals surface area (Å²) in [7, 11) is 0. The molecule has 0 saturated carbocycles. The summed E-state index contributed by atoms with van der Waals surface area (Å²) >= 11 is 5.93. The van der Waals surface area contributed by atoms with Gasteiger partial charge in [-0.25, -0.2) is 5.43 Å². The number of hydrazine groups is 1. The Kier molecular flexibility index (Phi) is 4.24. The van der Waals surface area contributed by atoms with Crippen LogP contribution in [0.2, 0.25) is 5.02 Å². The molecule has 0 radical (unpaired) electrons. The van der Waals surface area contributed by atoms with E-state index in [1.165, 1.54) is 11.1 Å². The predicted octanol–water partition coefficient (Wildman–Crippen LogP) is 3.78. The van der Waals surface area contributed by atoms with Gasteiger partial charge in [0.05, 0.1) is 12.6 Å². The summed E-state index contributed by atoms with van der Waals surface area (Å²) in [5.41, 5.74) is 6.95. The van der Waals surface area contributed by atoms with Gasteiger partial charge in [0.2, 0.25) is 0 Å². The van der Waals surface area contributed by atoms with Gasteiger partial charge >= 0.3 is 0 Å². The highest BCUT2D eigenvalue weighted by Gasteiger charge is 2.39. The molecule has 2 heterocycles. The van der Waals surface area contributed by atoms with Gasteiger partial charge in [-0.3, -0.25) is 4.79 Å². The van der Waals surface area contributed by atoms with Gasteiger partial charge in [0.15, 0.2) is 0 Å². The third kappa shape index (κ3) is 3.28. The number of carbonyl (C=O) groups is 1. The van der Waals surface area contributed by atoms with Crippen molar-refractivity contribution in [1.29, 1.82) is 0 Å². The highest BCUT2D eigenvalue weighted by Crippen LogP contribution is 2.31. The Bertz CT molecular complexity index is 801. The number of nitrogens with zero attached hydrogens (tertiary/aromatic N) is 2. The van der Waals surface area contributed by atoms with Crippen molar-refractivity contribution < 1.29 is 4.79 Å². The predicted molar refractivity (Wildman–Crippen MR) is 98.4 cm³/mol. The van der Waals surface area contributed by atoms with Crippen molar-refractivity contribution in [3.63, 3.8) is 0 Å². The normalized spacial score (nSPS) is 22.4. The first kappa shape index (κ1) is 16.2. The lowest BCUT2D eigenvalue weighted by molar-refractivity contribution is -0.134. The van der Waals surface area contributed by atoms with Gasteiger partial charge in [0.25, 0.3) is 5.91 Å². The molecule has 2 atom stereocenters. The van der Waals surface area contributed by atoms with E-state index in [0.29, 0.717) is 11.6 Å². The Morgan fingerprint density at radius 1 is 1.08 bits per heavy atom. The molecule has 1 fully saturated rings. The van der Waals surface area contributed by atoms with Crippen molar-refractivity contribution >= 4 is 17.5 Å². The molecule has 0 aliphatic carbocycles. The fraction of sp³-hybridized carbons (Fsp3) is 0.250. The van der Waals surface area contributed by atoms with Crippen molar-refractivity contribution in [3.8, 4) is 0 Å². The zero-order chi connectivity index (χ0) is 17.4. The fourth-order valence-electron chi connectivity index (χ4n) is 3.37. The van der Waals surface area contributed by atoms with E-state index in [-0.39, 0.29) is 18.0 Å². The third-order valence-corrected chi connectivity index (χ3v) is 5.07. The number of amides is 1. The first-order chi connectivity index (χ1) is 12.1. The number of carbonyl (C=O) groups excluding carboxylic acids is 1. The summed E-state index contributed by atoms with van der Waals surface area (Å²) < 4.78 is 0. The molecule has 2 aromatic rings. The molecule has 2 aliphatic heterocycles. The largest absolute Gasteiger partial charge is 0.311 e. The molecule has 2 aromatic carbocycles. The number of aryl methyl sites for hydroxylation is 1. The van der Waals surface area contributed by atoms with E-state index >= 15 is 0 Å². The fourth-order valence-corrected chi connectivity index (χ4v) is 3.50. The Morgan fingerprint density at radius 2 is 1.80 bits per heavy atom. The summed E-state index contributed by atoms with van der Waals surface area (Å²) in [6, 6.07) is 16.1. The summed E-state index contributed by atoms with van der Waals surface area (Å²) in [6.45, 7) is 2.64. The van der Waals surface area contributed by atoms with E-state index in [1.54, 1.807) is 4.90 Å². The van der Waals surface area contributed by atoms with Gasteiger partial charge in [-0.1, -0.05) is 53.6 Å². The average Bonchev–Trinajstić information content (AvgIpc) is 3.05. The van der Waals surface area contributed by atoms with Crippen molar-refractivity contribution in [3.05, 3.63) is 82.6 Å². The van der Waals surface area contributed by atoms with Crippen LogP contribution in [0.5, 0.6) is 0 Å². The minimum Gasteiger partial charge on any atom is -0.311 e. The topological polar surface area (TPSA) is 35.6 Å². The lowest BCUT2D eigenvalue weighted by Gasteiger charge is -2.31. The lowest BCUT2D eigenvalue weighted by Crippen LogP contribution is -2.47. The Labute approximate surface area is 152 Å². The molecule has 0 spiro atoms. The molecule has 0 bridgehead atoms. The van der Waals surface area contributed by atoms with E-state index in [9.17, 15) is 4.79 Å². The molecule has 2 aliphatic rings. The minimum atomic E-state index is -0.163. The lowest BCUT2D eigenvalue weighted by atomic mass is 10.00. The highest BCUT2D eigenvalue weighted by molar-refractivity contribution is 6.30. The summed E-state index contributed by atoms with van der Waals surface area (Å²) in [4.78, 5) is 14.7. The number of hydrogen-bond acceptors (Lipinski definition) is 3. The second-order valence-electron chi connectivity index (χ2n) is 6.64. The Morgan fingerprint density at radius 3 is 2.52 bits per heavy atom.